The normalized spacial score (nSPS) is 10.8. The lowest BCUT2D eigenvalue weighted by Crippen LogP contribution is -2.11. The molecule has 0 unspecified atom stereocenters. The monoisotopic (exact) mass is 250 g/mol. The summed E-state index contributed by atoms with van der Waals surface area (Å²) in [7, 11) is 1.90. The third-order valence-corrected chi connectivity index (χ3v) is 2.90. The number of halogens is 1. The average molecular weight is 251 g/mol. The first-order valence-electron chi connectivity index (χ1n) is 5.46. The van der Waals surface area contributed by atoms with Crippen LogP contribution in [0.25, 0.3) is 5.69 Å². The van der Waals surface area contributed by atoms with Crippen molar-refractivity contribution < 1.29 is 0 Å². The largest absolute Gasteiger partial charge is 0.316 e. The Balaban J connectivity index is 2.58. The Morgan fingerprint density at radius 1 is 1.35 bits per heavy atom. The third-order valence-electron chi connectivity index (χ3n) is 2.55. The van der Waals surface area contributed by atoms with Crippen LogP contribution in [0.2, 0.25) is 5.02 Å². The second-order valence-electron chi connectivity index (χ2n) is 3.89. The number of hydrogen-bond acceptors (Lipinski definition) is 3. The lowest BCUT2D eigenvalue weighted by Gasteiger charge is -2.11. The molecule has 0 fully saturated rings. The summed E-state index contributed by atoms with van der Waals surface area (Å²) in [6, 6.07) is 5.81. The maximum absolute atomic E-state index is 6.22. The van der Waals surface area contributed by atoms with Crippen LogP contribution in [0.5, 0.6) is 0 Å². The predicted molar refractivity (Wildman–Crippen MR) is 68.6 cm³/mol. The highest BCUT2D eigenvalue weighted by Crippen LogP contribution is 2.23. The summed E-state index contributed by atoms with van der Waals surface area (Å²) in [6.45, 7) is 4.52. The van der Waals surface area contributed by atoms with Crippen molar-refractivity contribution in [1.82, 2.24) is 20.1 Å². The topological polar surface area (TPSA) is 42.7 Å². The molecule has 4 nitrogen and oxygen atoms in total. The van der Waals surface area contributed by atoms with Crippen molar-refractivity contribution in [2.24, 2.45) is 0 Å². The van der Waals surface area contributed by atoms with Gasteiger partial charge in [-0.15, -0.1) is 0 Å². The van der Waals surface area contributed by atoms with Crippen molar-refractivity contribution in [3.05, 3.63) is 40.4 Å². The van der Waals surface area contributed by atoms with Crippen molar-refractivity contribution in [1.29, 1.82) is 0 Å². The van der Waals surface area contributed by atoms with E-state index in [1.807, 2.05) is 43.8 Å². The van der Waals surface area contributed by atoms with Gasteiger partial charge >= 0.3 is 0 Å². The van der Waals surface area contributed by atoms with E-state index in [2.05, 4.69) is 15.4 Å². The lowest BCUT2D eigenvalue weighted by molar-refractivity contribution is 0.774. The highest BCUT2D eigenvalue weighted by molar-refractivity contribution is 6.31. The van der Waals surface area contributed by atoms with E-state index in [0.717, 1.165) is 27.9 Å². The van der Waals surface area contributed by atoms with E-state index in [-0.39, 0.29) is 0 Å². The molecule has 1 heterocycles. The zero-order valence-electron chi connectivity index (χ0n) is 10.2. The third kappa shape index (κ3) is 2.33. The van der Waals surface area contributed by atoms with E-state index < -0.39 is 0 Å². The Bertz CT molecular complexity index is 533. The van der Waals surface area contributed by atoms with Crippen molar-refractivity contribution in [3.63, 3.8) is 0 Å². The van der Waals surface area contributed by atoms with E-state index in [1.165, 1.54) is 0 Å². The van der Waals surface area contributed by atoms with E-state index in [4.69, 9.17) is 11.6 Å². The van der Waals surface area contributed by atoms with Gasteiger partial charge in [0.2, 0.25) is 0 Å². The van der Waals surface area contributed by atoms with Gasteiger partial charge in [0.05, 0.1) is 5.69 Å². The maximum Gasteiger partial charge on any atom is 0.148 e. The molecular weight excluding hydrogens is 236 g/mol. The minimum Gasteiger partial charge on any atom is -0.316 e. The van der Waals surface area contributed by atoms with Crippen LogP contribution < -0.4 is 5.32 Å². The van der Waals surface area contributed by atoms with Gasteiger partial charge in [0.25, 0.3) is 0 Å². The molecule has 0 radical (unpaired) electrons. The molecule has 0 saturated carbocycles. The van der Waals surface area contributed by atoms with Gasteiger partial charge in [-0.3, -0.25) is 0 Å². The average Bonchev–Trinajstić information content (AvgIpc) is 2.61. The fraction of sp³-hybridized carbons (Fsp3) is 0.333. The molecule has 90 valence electrons. The van der Waals surface area contributed by atoms with Gasteiger partial charge in [0, 0.05) is 17.1 Å². The summed E-state index contributed by atoms with van der Waals surface area (Å²) < 4.78 is 1.83. The summed E-state index contributed by atoms with van der Waals surface area (Å²) >= 11 is 6.22. The summed E-state index contributed by atoms with van der Waals surface area (Å²) in [6.07, 6.45) is 0. The summed E-state index contributed by atoms with van der Waals surface area (Å²) in [4.78, 5) is 4.31. The molecule has 0 bridgehead atoms. The number of rotatable bonds is 3. The lowest BCUT2D eigenvalue weighted by atomic mass is 10.1. The number of benzene rings is 1. The molecule has 0 aliphatic rings. The van der Waals surface area contributed by atoms with Crippen molar-refractivity contribution in [2.75, 3.05) is 7.05 Å². The standard InChI is InChI=1S/C12H15ClN4/c1-8-15-9(2)17(16-8)12-6-4-5-11(13)10(12)7-14-3/h4-6,14H,7H2,1-3H3. The summed E-state index contributed by atoms with van der Waals surface area (Å²) in [5.41, 5.74) is 2.01. The Morgan fingerprint density at radius 2 is 2.12 bits per heavy atom. The molecule has 1 aromatic carbocycles. The van der Waals surface area contributed by atoms with E-state index in [9.17, 15) is 0 Å². The van der Waals surface area contributed by atoms with Crippen LogP contribution in [0, 0.1) is 13.8 Å². The summed E-state index contributed by atoms with van der Waals surface area (Å²) in [5.74, 6) is 1.63. The minimum absolute atomic E-state index is 0.702. The first-order chi connectivity index (χ1) is 8.13. The number of nitrogens with one attached hydrogen (secondary N) is 1. The SMILES string of the molecule is CNCc1c(Cl)cccc1-n1nc(C)nc1C. The van der Waals surface area contributed by atoms with Gasteiger partial charge in [-0.05, 0) is 33.0 Å². The highest BCUT2D eigenvalue weighted by atomic mass is 35.5. The Morgan fingerprint density at radius 3 is 2.71 bits per heavy atom. The quantitative estimate of drug-likeness (QED) is 0.909. The number of aromatic nitrogens is 3. The fourth-order valence-corrected chi connectivity index (χ4v) is 2.08. The Kier molecular flexibility index (Phi) is 3.45. The van der Waals surface area contributed by atoms with Gasteiger partial charge in [-0.2, -0.15) is 5.10 Å². The second kappa shape index (κ2) is 4.85. The Labute approximate surface area is 106 Å². The van der Waals surface area contributed by atoms with Crippen LogP contribution in [-0.4, -0.2) is 21.8 Å². The van der Waals surface area contributed by atoms with E-state index >= 15 is 0 Å². The van der Waals surface area contributed by atoms with Crippen LogP contribution in [0.3, 0.4) is 0 Å². The highest BCUT2D eigenvalue weighted by Gasteiger charge is 2.11. The molecule has 0 amide bonds. The van der Waals surface area contributed by atoms with E-state index in [1.54, 1.807) is 0 Å². The molecule has 0 atom stereocenters. The molecule has 2 aromatic rings. The molecule has 5 heteroatoms. The van der Waals surface area contributed by atoms with Crippen molar-refractivity contribution in [3.8, 4) is 5.69 Å². The molecule has 1 aromatic heterocycles. The van der Waals surface area contributed by atoms with Crippen molar-refractivity contribution >= 4 is 11.6 Å². The molecule has 17 heavy (non-hydrogen) atoms. The van der Waals surface area contributed by atoms with Gasteiger partial charge in [-0.1, -0.05) is 17.7 Å². The number of nitrogens with zero attached hydrogens (tertiary/aromatic N) is 3. The van der Waals surface area contributed by atoms with Gasteiger partial charge < -0.3 is 5.32 Å². The molecule has 0 saturated heterocycles. The van der Waals surface area contributed by atoms with Crippen LogP contribution >= 0.6 is 11.6 Å². The predicted octanol–water partition coefficient (Wildman–Crippen LogP) is 2.26. The fourth-order valence-electron chi connectivity index (χ4n) is 1.85. The zero-order valence-corrected chi connectivity index (χ0v) is 10.9. The van der Waals surface area contributed by atoms with Crippen molar-refractivity contribution in [2.45, 2.75) is 20.4 Å². The molecule has 0 spiro atoms. The molecule has 2 rings (SSSR count). The molecular formula is C12H15ClN4. The van der Waals surface area contributed by atoms with Gasteiger partial charge in [0.15, 0.2) is 0 Å². The zero-order chi connectivity index (χ0) is 12.4. The second-order valence-corrected chi connectivity index (χ2v) is 4.29. The first-order valence-corrected chi connectivity index (χ1v) is 5.84. The number of hydrogen-bond donors (Lipinski definition) is 1. The minimum atomic E-state index is 0.702. The number of aryl methyl sites for hydroxylation is 2. The van der Waals surface area contributed by atoms with Gasteiger partial charge in [0.1, 0.15) is 11.6 Å². The van der Waals surface area contributed by atoms with Crippen LogP contribution in [0.1, 0.15) is 17.2 Å². The van der Waals surface area contributed by atoms with Gasteiger partial charge in [-0.25, -0.2) is 9.67 Å². The Hall–Kier alpha value is -1.39. The molecule has 0 aliphatic carbocycles. The first kappa shape index (κ1) is 12.1. The van der Waals surface area contributed by atoms with Crippen LogP contribution in [-0.2, 0) is 6.54 Å². The maximum atomic E-state index is 6.22. The molecule has 0 aliphatic heterocycles. The van der Waals surface area contributed by atoms with Crippen LogP contribution in [0.4, 0.5) is 0 Å². The van der Waals surface area contributed by atoms with Crippen LogP contribution in [0.15, 0.2) is 18.2 Å². The smallest absolute Gasteiger partial charge is 0.148 e. The van der Waals surface area contributed by atoms with E-state index in [0.29, 0.717) is 6.54 Å². The molecule has 1 N–H and O–H groups in total. The summed E-state index contributed by atoms with van der Waals surface area (Å²) in [5, 5.41) is 8.24.